The third-order valence-electron chi connectivity index (χ3n) is 8.43. The number of β-amino-alcohol motifs (C(OH)–C–C–N with tert-alkyl or cyclic N) is 2. The molecule has 6 rings (SSSR count). The van der Waals surface area contributed by atoms with E-state index in [0.29, 0.717) is 53.5 Å². The minimum atomic E-state index is -0.285. The van der Waals surface area contributed by atoms with Crippen LogP contribution < -0.4 is 9.47 Å². The normalized spacial score (nSPS) is 19.0. The molecule has 2 N–H and O–H groups in total. The summed E-state index contributed by atoms with van der Waals surface area (Å²) in [5.41, 5.74) is 6.44. The van der Waals surface area contributed by atoms with E-state index in [4.69, 9.17) is 37.7 Å². The average molecular weight is 636 g/mol. The van der Waals surface area contributed by atoms with Crippen molar-refractivity contribution in [2.24, 2.45) is 0 Å². The zero-order chi connectivity index (χ0) is 30.8. The fraction of sp³-hybridized carbons (Fsp3) is 0.353. The van der Waals surface area contributed by atoms with Crippen LogP contribution in [-0.4, -0.2) is 82.6 Å². The molecule has 2 aliphatic heterocycles. The van der Waals surface area contributed by atoms with Gasteiger partial charge in [-0.25, -0.2) is 4.98 Å². The standard InChI is InChI=1S/C34H36Cl2N4O4/c1-43-30-16-21(6-7-22(30)17-39-14-11-24(41)19-39)33-32(36)27(10-13-37-33)26-4-3-5-28(31(26)35)29-9-8-23(34(38-29)44-2)18-40-15-12-25(42)20-40/h3-10,13,16,24-25,41-42H,11-12,14-15,17-20H2,1-2H3/t24-,25-/m0/s1. The summed E-state index contributed by atoms with van der Waals surface area (Å²) in [6.45, 7) is 4.37. The van der Waals surface area contributed by atoms with Gasteiger partial charge in [0.05, 0.1) is 47.9 Å². The van der Waals surface area contributed by atoms with E-state index in [1.807, 2.05) is 54.6 Å². The predicted molar refractivity (Wildman–Crippen MR) is 173 cm³/mol. The molecule has 2 aromatic heterocycles. The number of aliphatic hydroxyl groups is 2. The van der Waals surface area contributed by atoms with E-state index < -0.39 is 0 Å². The van der Waals surface area contributed by atoms with Crippen molar-refractivity contribution in [3.8, 4) is 45.3 Å². The number of aliphatic hydroxyl groups excluding tert-OH is 2. The first kappa shape index (κ1) is 30.8. The highest BCUT2D eigenvalue weighted by atomic mass is 35.5. The lowest BCUT2D eigenvalue weighted by Gasteiger charge is -2.18. The first-order valence-corrected chi connectivity index (χ1v) is 15.6. The summed E-state index contributed by atoms with van der Waals surface area (Å²) in [4.78, 5) is 13.8. The fourth-order valence-electron chi connectivity index (χ4n) is 6.12. The fourth-order valence-corrected chi connectivity index (χ4v) is 6.77. The summed E-state index contributed by atoms with van der Waals surface area (Å²) < 4.78 is 11.4. The minimum absolute atomic E-state index is 0.274. The third-order valence-corrected chi connectivity index (χ3v) is 9.22. The summed E-state index contributed by atoms with van der Waals surface area (Å²) >= 11 is 14.1. The molecule has 0 bridgehead atoms. The van der Waals surface area contributed by atoms with Crippen LogP contribution in [0.2, 0.25) is 10.0 Å². The lowest BCUT2D eigenvalue weighted by molar-refractivity contribution is 0.174. The molecule has 230 valence electrons. The summed E-state index contributed by atoms with van der Waals surface area (Å²) in [7, 11) is 3.27. The maximum absolute atomic E-state index is 9.92. The third kappa shape index (κ3) is 6.42. The van der Waals surface area contributed by atoms with Crippen LogP contribution in [0.25, 0.3) is 33.6 Å². The maximum Gasteiger partial charge on any atom is 0.218 e. The highest BCUT2D eigenvalue weighted by Crippen LogP contribution is 2.42. The van der Waals surface area contributed by atoms with Gasteiger partial charge in [-0.2, -0.15) is 0 Å². The highest BCUT2D eigenvalue weighted by molar-refractivity contribution is 6.39. The van der Waals surface area contributed by atoms with Gasteiger partial charge in [0.2, 0.25) is 5.88 Å². The molecular weight excluding hydrogens is 599 g/mol. The summed E-state index contributed by atoms with van der Waals surface area (Å²) in [6, 6.07) is 17.6. The molecular formula is C34H36Cl2N4O4. The number of likely N-dealkylation sites (tertiary alicyclic amines) is 2. The molecule has 0 saturated carbocycles. The SMILES string of the molecule is COc1cc(-c2nccc(-c3cccc(-c4ccc(CN5CC[C@H](O)C5)c(OC)n4)c3Cl)c2Cl)ccc1CN1CC[C@H](O)C1. The number of hydrogen-bond donors (Lipinski definition) is 2. The van der Waals surface area contributed by atoms with Crippen LogP contribution in [0.5, 0.6) is 11.6 Å². The number of aromatic nitrogens is 2. The summed E-state index contributed by atoms with van der Waals surface area (Å²) in [6.07, 6.45) is 2.74. The summed E-state index contributed by atoms with van der Waals surface area (Å²) in [5, 5.41) is 20.8. The maximum atomic E-state index is 9.92. The molecule has 8 nitrogen and oxygen atoms in total. The van der Waals surface area contributed by atoms with E-state index in [2.05, 4.69) is 14.8 Å². The van der Waals surface area contributed by atoms with Gasteiger partial charge in [0.15, 0.2) is 0 Å². The molecule has 0 radical (unpaired) electrons. The number of methoxy groups -OCH3 is 2. The Bertz CT molecular complexity index is 1530. The zero-order valence-electron chi connectivity index (χ0n) is 24.8. The van der Waals surface area contributed by atoms with Crippen LogP contribution in [-0.2, 0) is 13.1 Å². The number of rotatable bonds is 9. The highest BCUT2D eigenvalue weighted by Gasteiger charge is 2.24. The van der Waals surface area contributed by atoms with Gasteiger partial charge in [0.25, 0.3) is 0 Å². The van der Waals surface area contributed by atoms with Crippen LogP contribution in [0.15, 0.2) is 60.8 Å². The average Bonchev–Trinajstić information content (AvgIpc) is 3.64. The quantitative estimate of drug-likeness (QED) is 0.234. The number of benzene rings is 2. The second kappa shape index (κ2) is 13.4. The van der Waals surface area contributed by atoms with Crippen molar-refractivity contribution in [3.63, 3.8) is 0 Å². The number of hydrogen-bond acceptors (Lipinski definition) is 8. The van der Waals surface area contributed by atoms with Crippen LogP contribution in [0.1, 0.15) is 24.0 Å². The van der Waals surface area contributed by atoms with Crippen LogP contribution >= 0.6 is 23.2 Å². The second-order valence-electron chi connectivity index (χ2n) is 11.4. The first-order valence-electron chi connectivity index (χ1n) is 14.8. The van der Waals surface area contributed by atoms with Gasteiger partial charge in [-0.15, -0.1) is 0 Å². The van der Waals surface area contributed by atoms with Gasteiger partial charge >= 0.3 is 0 Å². The molecule has 2 aromatic carbocycles. The molecule has 0 spiro atoms. The predicted octanol–water partition coefficient (Wildman–Crippen LogP) is 5.93. The van der Waals surface area contributed by atoms with Crippen LogP contribution in [0.3, 0.4) is 0 Å². The molecule has 4 aromatic rings. The van der Waals surface area contributed by atoms with E-state index in [-0.39, 0.29) is 12.2 Å². The van der Waals surface area contributed by atoms with Gasteiger partial charge < -0.3 is 19.7 Å². The van der Waals surface area contributed by atoms with Gasteiger partial charge in [-0.05, 0) is 31.0 Å². The Morgan fingerprint density at radius 3 is 2.11 bits per heavy atom. The Hall–Kier alpha value is -3.24. The van der Waals surface area contributed by atoms with E-state index in [9.17, 15) is 10.2 Å². The molecule has 2 fully saturated rings. The van der Waals surface area contributed by atoms with Crippen molar-refractivity contribution in [2.45, 2.75) is 38.1 Å². The molecule has 44 heavy (non-hydrogen) atoms. The topological polar surface area (TPSA) is 91.2 Å². The minimum Gasteiger partial charge on any atom is -0.496 e. The second-order valence-corrected chi connectivity index (χ2v) is 12.2. The Morgan fingerprint density at radius 1 is 0.795 bits per heavy atom. The van der Waals surface area contributed by atoms with Crippen molar-refractivity contribution in [2.75, 3.05) is 40.4 Å². The number of halogens is 2. The lowest BCUT2D eigenvalue weighted by atomic mass is 9.99. The molecule has 0 amide bonds. The van der Waals surface area contributed by atoms with Gasteiger partial charge in [-0.1, -0.05) is 59.6 Å². The number of ether oxygens (including phenoxy) is 2. The van der Waals surface area contributed by atoms with Gasteiger partial charge in [0, 0.05) is 78.8 Å². The molecule has 0 aliphatic carbocycles. The molecule has 2 saturated heterocycles. The van der Waals surface area contributed by atoms with Gasteiger partial charge in [0.1, 0.15) is 5.75 Å². The Morgan fingerprint density at radius 2 is 1.45 bits per heavy atom. The van der Waals surface area contributed by atoms with Crippen molar-refractivity contribution < 1.29 is 19.7 Å². The van der Waals surface area contributed by atoms with E-state index in [1.54, 1.807) is 20.4 Å². The lowest BCUT2D eigenvalue weighted by Crippen LogP contribution is -2.22. The van der Waals surface area contributed by atoms with Crippen LogP contribution in [0, 0.1) is 0 Å². The largest absolute Gasteiger partial charge is 0.496 e. The molecule has 4 heterocycles. The van der Waals surface area contributed by atoms with Crippen molar-refractivity contribution in [3.05, 3.63) is 82.0 Å². The number of pyridine rings is 2. The molecule has 0 unspecified atom stereocenters. The Balaban J connectivity index is 1.29. The van der Waals surface area contributed by atoms with E-state index in [1.165, 1.54) is 0 Å². The zero-order valence-corrected chi connectivity index (χ0v) is 26.4. The Kier molecular flexibility index (Phi) is 9.37. The van der Waals surface area contributed by atoms with E-state index >= 15 is 0 Å². The van der Waals surface area contributed by atoms with Crippen molar-refractivity contribution >= 4 is 23.2 Å². The Labute approximate surface area is 267 Å². The monoisotopic (exact) mass is 634 g/mol. The van der Waals surface area contributed by atoms with Crippen LogP contribution in [0.4, 0.5) is 0 Å². The molecule has 2 atom stereocenters. The van der Waals surface area contributed by atoms with Crippen molar-refractivity contribution in [1.82, 2.24) is 19.8 Å². The summed E-state index contributed by atoms with van der Waals surface area (Å²) in [5.74, 6) is 1.28. The number of nitrogens with zero attached hydrogens (tertiary/aromatic N) is 4. The van der Waals surface area contributed by atoms with Crippen molar-refractivity contribution in [1.29, 1.82) is 0 Å². The first-order chi connectivity index (χ1) is 21.3. The van der Waals surface area contributed by atoms with Gasteiger partial charge in [-0.3, -0.25) is 14.8 Å². The molecule has 10 heteroatoms. The molecule has 2 aliphatic rings. The van der Waals surface area contributed by atoms with E-state index in [0.717, 1.165) is 65.1 Å². The smallest absolute Gasteiger partial charge is 0.218 e.